The van der Waals surface area contributed by atoms with Gasteiger partial charge < -0.3 is 9.47 Å². The maximum atomic E-state index is 14.2. The minimum absolute atomic E-state index is 0.0248. The summed E-state index contributed by atoms with van der Waals surface area (Å²) in [6.45, 7) is 6.09. The molecule has 0 atom stereocenters. The van der Waals surface area contributed by atoms with Crippen molar-refractivity contribution in [2.75, 3.05) is 11.5 Å². The zero-order valence-corrected chi connectivity index (χ0v) is 27.4. The van der Waals surface area contributed by atoms with Gasteiger partial charge in [0.15, 0.2) is 16.7 Å². The van der Waals surface area contributed by atoms with Crippen LogP contribution >= 0.6 is 50.9 Å². The summed E-state index contributed by atoms with van der Waals surface area (Å²) < 4.78 is 26.6. The number of amidine groups is 1. The number of benzene rings is 4. The summed E-state index contributed by atoms with van der Waals surface area (Å²) in [6.07, 6.45) is 1.77. The summed E-state index contributed by atoms with van der Waals surface area (Å²) >= 11 is 17.6. The fraction of sp³-hybridized carbons (Fsp3) is 0.152. The summed E-state index contributed by atoms with van der Waals surface area (Å²) in [5.41, 5.74) is 4.17. The van der Waals surface area contributed by atoms with E-state index < -0.39 is 0 Å². The van der Waals surface area contributed by atoms with Crippen LogP contribution in [0, 0.1) is 19.7 Å². The van der Waals surface area contributed by atoms with Crippen molar-refractivity contribution in [1.82, 2.24) is 0 Å². The van der Waals surface area contributed by atoms with Crippen LogP contribution in [0.3, 0.4) is 0 Å². The van der Waals surface area contributed by atoms with Crippen molar-refractivity contribution < 1.29 is 18.7 Å². The van der Waals surface area contributed by atoms with Crippen LogP contribution in [0.4, 0.5) is 15.8 Å². The van der Waals surface area contributed by atoms with Gasteiger partial charge in [-0.2, -0.15) is 0 Å². The molecule has 0 N–H and O–H groups in total. The van der Waals surface area contributed by atoms with Crippen molar-refractivity contribution in [2.24, 2.45) is 4.99 Å². The number of carbonyl (C=O) groups excluding carboxylic acids is 1. The molecule has 0 unspecified atom stereocenters. The third-order valence-electron chi connectivity index (χ3n) is 6.56. The van der Waals surface area contributed by atoms with Gasteiger partial charge >= 0.3 is 0 Å². The predicted molar refractivity (Wildman–Crippen MR) is 179 cm³/mol. The Morgan fingerprint density at radius 2 is 1.70 bits per heavy atom. The summed E-state index contributed by atoms with van der Waals surface area (Å²) in [7, 11) is 0. The molecule has 220 valence electrons. The first-order valence-electron chi connectivity index (χ1n) is 13.3. The molecule has 0 aliphatic carbocycles. The number of nitrogens with zero attached hydrogens (tertiary/aromatic N) is 2. The number of hydrogen-bond acceptors (Lipinski definition) is 5. The van der Waals surface area contributed by atoms with Gasteiger partial charge in [-0.05, 0) is 114 Å². The topological polar surface area (TPSA) is 51.1 Å². The van der Waals surface area contributed by atoms with Crippen molar-refractivity contribution in [3.63, 3.8) is 0 Å². The van der Waals surface area contributed by atoms with E-state index >= 15 is 0 Å². The second-order valence-corrected chi connectivity index (χ2v) is 12.3. The van der Waals surface area contributed by atoms with Gasteiger partial charge in [-0.1, -0.05) is 53.5 Å². The van der Waals surface area contributed by atoms with E-state index in [0.29, 0.717) is 65.2 Å². The number of rotatable bonds is 8. The Morgan fingerprint density at radius 3 is 2.40 bits per heavy atom. The third kappa shape index (κ3) is 7.10. The van der Waals surface area contributed by atoms with E-state index in [0.717, 1.165) is 11.1 Å². The van der Waals surface area contributed by atoms with E-state index in [1.807, 2.05) is 51.1 Å². The van der Waals surface area contributed by atoms with E-state index in [9.17, 15) is 9.18 Å². The van der Waals surface area contributed by atoms with Crippen LogP contribution in [0.1, 0.15) is 29.2 Å². The van der Waals surface area contributed by atoms with Crippen molar-refractivity contribution in [1.29, 1.82) is 0 Å². The lowest BCUT2D eigenvalue weighted by Gasteiger charge is -2.17. The highest BCUT2D eigenvalue weighted by Gasteiger charge is 2.35. The standard InChI is InChI=1S/C33H26BrCl2FN2O3S/c1-4-41-29-14-21(13-25(34)31(29)42-18-22-7-5-6-8-28(22)37)15-30-32(40)39(24-12-10-20(3)27(36)17-24)33(43-30)38-23-11-9-19(2)26(35)16-23/h5-17H,4,18H2,1-3H3/b30-15+,38-33?. The van der Waals surface area contributed by atoms with Crippen LogP contribution in [0.2, 0.25) is 10.0 Å². The Labute approximate surface area is 272 Å². The van der Waals surface area contributed by atoms with Crippen LogP contribution in [0.15, 0.2) is 87.2 Å². The number of halogens is 4. The molecule has 1 fully saturated rings. The highest BCUT2D eigenvalue weighted by atomic mass is 79.9. The minimum Gasteiger partial charge on any atom is -0.490 e. The fourth-order valence-electron chi connectivity index (χ4n) is 4.25. The molecule has 5 nitrogen and oxygen atoms in total. The highest BCUT2D eigenvalue weighted by molar-refractivity contribution is 9.10. The number of thioether (sulfide) groups is 1. The number of amides is 1. The third-order valence-corrected chi connectivity index (χ3v) is 8.93. The van der Waals surface area contributed by atoms with E-state index in [1.165, 1.54) is 17.8 Å². The molecule has 1 amide bonds. The van der Waals surface area contributed by atoms with Gasteiger partial charge in [0.25, 0.3) is 5.91 Å². The number of ether oxygens (including phenoxy) is 2. The molecule has 0 aromatic heterocycles. The zero-order chi connectivity index (χ0) is 30.7. The second kappa shape index (κ2) is 13.6. The van der Waals surface area contributed by atoms with Gasteiger partial charge in [0.2, 0.25) is 0 Å². The molecule has 0 bridgehead atoms. The predicted octanol–water partition coefficient (Wildman–Crippen LogP) is 10.3. The molecule has 4 aromatic carbocycles. The smallest absolute Gasteiger partial charge is 0.271 e. The van der Waals surface area contributed by atoms with Crippen LogP contribution < -0.4 is 14.4 Å². The monoisotopic (exact) mass is 698 g/mol. The maximum Gasteiger partial charge on any atom is 0.271 e. The number of aliphatic imine (C=N–C) groups is 1. The average Bonchev–Trinajstić information content (AvgIpc) is 3.26. The highest BCUT2D eigenvalue weighted by Crippen LogP contribution is 2.42. The van der Waals surface area contributed by atoms with Gasteiger partial charge in [0.1, 0.15) is 12.4 Å². The summed E-state index contributed by atoms with van der Waals surface area (Å²) in [4.78, 5) is 20.6. The van der Waals surface area contributed by atoms with Crippen molar-refractivity contribution in [2.45, 2.75) is 27.4 Å². The summed E-state index contributed by atoms with van der Waals surface area (Å²) in [6, 6.07) is 21.0. The molecule has 4 aromatic rings. The number of anilines is 1. The molecule has 43 heavy (non-hydrogen) atoms. The molecule has 1 aliphatic rings. The quantitative estimate of drug-likeness (QED) is 0.172. The van der Waals surface area contributed by atoms with Crippen molar-refractivity contribution in [3.8, 4) is 11.5 Å². The molecular formula is C33H26BrCl2FN2O3S. The number of carbonyl (C=O) groups is 1. The van der Waals surface area contributed by atoms with Gasteiger partial charge in [-0.3, -0.25) is 9.69 Å². The van der Waals surface area contributed by atoms with Gasteiger partial charge in [0, 0.05) is 15.6 Å². The molecule has 0 radical (unpaired) electrons. The van der Waals surface area contributed by atoms with Crippen LogP contribution in [0.5, 0.6) is 11.5 Å². The molecule has 1 heterocycles. The summed E-state index contributed by atoms with van der Waals surface area (Å²) in [5, 5.41) is 1.59. The van der Waals surface area contributed by atoms with E-state index in [1.54, 1.807) is 47.4 Å². The Bertz CT molecular complexity index is 1780. The summed E-state index contributed by atoms with van der Waals surface area (Å²) in [5.74, 6) is 0.295. The molecule has 0 spiro atoms. The first kappa shape index (κ1) is 31.1. The second-order valence-electron chi connectivity index (χ2n) is 9.66. The number of hydrogen-bond donors (Lipinski definition) is 0. The van der Waals surface area contributed by atoms with Crippen LogP contribution in [-0.4, -0.2) is 17.7 Å². The van der Waals surface area contributed by atoms with Crippen LogP contribution in [-0.2, 0) is 11.4 Å². The Balaban J connectivity index is 1.52. The first-order chi connectivity index (χ1) is 20.6. The number of aryl methyl sites for hydroxylation is 2. The van der Waals surface area contributed by atoms with E-state index in [2.05, 4.69) is 15.9 Å². The van der Waals surface area contributed by atoms with E-state index in [-0.39, 0.29) is 18.3 Å². The lowest BCUT2D eigenvalue weighted by molar-refractivity contribution is -0.113. The van der Waals surface area contributed by atoms with Crippen LogP contribution in [0.25, 0.3) is 6.08 Å². The lowest BCUT2D eigenvalue weighted by atomic mass is 10.1. The van der Waals surface area contributed by atoms with Gasteiger partial charge in [-0.15, -0.1) is 0 Å². The Hall–Kier alpha value is -3.30. The van der Waals surface area contributed by atoms with Gasteiger partial charge in [0.05, 0.1) is 27.4 Å². The average molecular weight is 700 g/mol. The lowest BCUT2D eigenvalue weighted by Crippen LogP contribution is -2.28. The first-order valence-corrected chi connectivity index (χ1v) is 15.7. The minimum atomic E-state index is -0.348. The van der Waals surface area contributed by atoms with Crippen molar-refractivity contribution in [3.05, 3.63) is 120 Å². The fourth-order valence-corrected chi connectivity index (χ4v) is 6.17. The molecule has 1 aliphatic heterocycles. The Kier molecular flexibility index (Phi) is 9.82. The maximum absolute atomic E-state index is 14.2. The Morgan fingerprint density at radius 1 is 0.977 bits per heavy atom. The normalized spacial score (nSPS) is 15.0. The SMILES string of the molecule is CCOc1cc(/C=C2/SC(=Nc3ccc(C)c(Cl)c3)N(c3ccc(C)c(Cl)c3)C2=O)cc(Br)c1OCc1ccccc1F. The molecule has 10 heteroatoms. The zero-order valence-electron chi connectivity index (χ0n) is 23.5. The molecule has 5 rings (SSSR count). The molecular weight excluding hydrogens is 674 g/mol. The molecule has 0 saturated carbocycles. The van der Waals surface area contributed by atoms with E-state index in [4.69, 9.17) is 37.7 Å². The van der Waals surface area contributed by atoms with Gasteiger partial charge in [-0.25, -0.2) is 9.38 Å². The largest absolute Gasteiger partial charge is 0.490 e. The van der Waals surface area contributed by atoms with Crippen molar-refractivity contribution >= 4 is 79.4 Å². The molecule has 1 saturated heterocycles.